The van der Waals surface area contributed by atoms with Crippen molar-refractivity contribution in [2.75, 3.05) is 20.2 Å². The van der Waals surface area contributed by atoms with Crippen LogP contribution in [-0.4, -0.2) is 48.2 Å². The molecule has 1 atom stereocenters. The molecular formula is C27H29NO5. The topological polar surface area (TPSA) is 72.9 Å². The van der Waals surface area contributed by atoms with E-state index in [9.17, 15) is 14.4 Å². The Balaban J connectivity index is 1.20. The van der Waals surface area contributed by atoms with Gasteiger partial charge in [0.2, 0.25) is 5.91 Å². The number of carbonyl (C=O) groups is 3. The third-order valence-corrected chi connectivity index (χ3v) is 7.20. The molecule has 0 aromatic heterocycles. The van der Waals surface area contributed by atoms with Crippen LogP contribution in [0.4, 0.5) is 0 Å². The lowest BCUT2D eigenvalue weighted by atomic mass is 9.89. The number of hydrogen-bond donors (Lipinski definition) is 0. The SMILES string of the molecule is COc1ccc2c(c1)C(=O)CC1(CCN(C(=O)CCC(=O)c3ccc4c(c3)CCCC4)C1)O2. The fourth-order valence-electron chi connectivity index (χ4n) is 5.32. The van der Waals surface area contributed by atoms with Crippen molar-refractivity contribution in [3.63, 3.8) is 0 Å². The number of carbonyl (C=O) groups excluding carboxylic acids is 3. The highest BCUT2D eigenvalue weighted by atomic mass is 16.5. The first-order valence-electron chi connectivity index (χ1n) is 11.8. The minimum absolute atomic E-state index is 0.00652. The lowest BCUT2D eigenvalue weighted by Crippen LogP contribution is -2.45. The molecule has 172 valence electrons. The molecule has 0 radical (unpaired) electrons. The molecule has 1 saturated heterocycles. The van der Waals surface area contributed by atoms with E-state index in [2.05, 4.69) is 6.07 Å². The Morgan fingerprint density at radius 1 is 1.06 bits per heavy atom. The van der Waals surface area contributed by atoms with Crippen molar-refractivity contribution < 1.29 is 23.9 Å². The van der Waals surface area contributed by atoms with E-state index in [1.165, 1.54) is 24.0 Å². The zero-order valence-electron chi connectivity index (χ0n) is 19.0. The van der Waals surface area contributed by atoms with Gasteiger partial charge < -0.3 is 14.4 Å². The Labute approximate surface area is 193 Å². The van der Waals surface area contributed by atoms with Gasteiger partial charge in [0, 0.05) is 31.4 Å². The molecule has 2 heterocycles. The van der Waals surface area contributed by atoms with E-state index in [0.29, 0.717) is 42.1 Å². The Morgan fingerprint density at radius 2 is 1.88 bits per heavy atom. The van der Waals surface area contributed by atoms with Crippen molar-refractivity contribution in [3.05, 3.63) is 58.7 Å². The largest absolute Gasteiger partial charge is 0.497 e. The Morgan fingerprint density at radius 3 is 2.70 bits per heavy atom. The predicted molar refractivity (Wildman–Crippen MR) is 123 cm³/mol. The molecule has 1 amide bonds. The van der Waals surface area contributed by atoms with Crippen LogP contribution in [-0.2, 0) is 17.6 Å². The maximum Gasteiger partial charge on any atom is 0.223 e. The van der Waals surface area contributed by atoms with Gasteiger partial charge in [-0.25, -0.2) is 0 Å². The number of fused-ring (bicyclic) bond motifs is 2. The number of methoxy groups -OCH3 is 1. The van der Waals surface area contributed by atoms with Crippen LogP contribution in [0.25, 0.3) is 0 Å². The molecule has 1 spiro atoms. The van der Waals surface area contributed by atoms with Gasteiger partial charge in [0.1, 0.15) is 17.1 Å². The first-order valence-corrected chi connectivity index (χ1v) is 11.8. The van der Waals surface area contributed by atoms with E-state index in [-0.39, 0.29) is 36.7 Å². The monoisotopic (exact) mass is 447 g/mol. The van der Waals surface area contributed by atoms with Crippen molar-refractivity contribution >= 4 is 17.5 Å². The summed E-state index contributed by atoms with van der Waals surface area (Å²) in [5.41, 5.74) is 3.17. The van der Waals surface area contributed by atoms with E-state index in [1.807, 2.05) is 12.1 Å². The van der Waals surface area contributed by atoms with Crippen LogP contribution in [0.2, 0.25) is 0 Å². The van der Waals surface area contributed by atoms with E-state index < -0.39 is 5.60 Å². The molecule has 1 aliphatic carbocycles. The van der Waals surface area contributed by atoms with Crippen LogP contribution in [0.3, 0.4) is 0 Å². The highest BCUT2D eigenvalue weighted by molar-refractivity contribution is 6.01. The van der Waals surface area contributed by atoms with Gasteiger partial charge in [-0.15, -0.1) is 0 Å². The minimum Gasteiger partial charge on any atom is -0.497 e. The first kappa shape index (κ1) is 21.7. The summed E-state index contributed by atoms with van der Waals surface area (Å²) in [5, 5.41) is 0. The quantitative estimate of drug-likeness (QED) is 0.643. The van der Waals surface area contributed by atoms with Crippen molar-refractivity contribution in [1.82, 2.24) is 4.90 Å². The molecule has 0 saturated carbocycles. The van der Waals surface area contributed by atoms with Gasteiger partial charge in [0.25, 0.3) is 0 Å². The molecule has 6 heteroatoms. The fraction of sp³-hybridized carbons (Fsp3) is 0.444. The average Bonchev–Trinajstić information content (AvgIpc) is 3.24. The second kappa shape index (κ2) is 8.65. The maximum absolute atomic E-state index is 12.9. The molecule has 1 fully saturated rings. The summed E-state index contributed by atoms with van der Waals surface area (Å²) in [5.74, 6) is 1.12. The third-order valence-electron chi connectivity index (χ3n) is 7.20. The molecular weight excluding hydrogens is 418 g/mol. The molecule has 1 unspecified atom stereocenters. The number of ether oxygens (including phenoxy) is 2. The minimum atomic E-state index is -0.684. The summed E-state index contributed by atoms with van der Waals surface area (Å²) < 4.78 is 11.5. The lowest BCUT2D eigenvalue weighted by Gasteiger charge is -2.34. The van der Waals surface area contributed by atoms with E-state index in [0.717, 1.165) is 12.8 Å². The van der Waals surface area contributed by atoms with Gasteiger partial charge in [0.05, 0.1) is 25.6 Å². The number of likely N-dealkylation sites (tertiary alicyclic amines) is 1. The van der Waals surface area contributed by atoms with E-state index >= 15 is 0 Å². The second-order valence-corrected chi connectivity index (χ2v) is 9.43. The van der Waals surface area contributed by atoms with Gasteiger partial charge in [-0.3, -0.25) is 14.4 Å². The maximum atomic E-state index is 12.9. The Bertz CT molecular complexity index is 1120. The zero-order valence-corrected chi connectivity index (χ0v) is 19.0. The molecule has 33 heavy (non-hydrogen) atoms. The van der Waals surface area contributed by atoms with Crippen molar-refractivity contribution in [3.8, 4) is 11.5 Å². The molecule has 2 aromatic carbocycles. The first-order chi connectivity index (χ1) is 16.0. The summed E-state index contributed by atoms with van der Waals surface area (Å²) >= 11 is 0. The smallest absolute Gasteiger partial charge is 0.223 e. The molecule has 0 N–H and O–H groups in total. The zero-order chi connectivity index (χ0) is 23.0. The molecule has 3 aliphatic rings. The van der Waals surface area contributed by atoms with Crippen LogP contribution >= 0.6 is 0 Å². The van der Waals surface area contributed by atoms with Crippen molar-refractivity contribution in [2.45, 2.75) is 57.0 Å². The summed E-state index contributed by atoms with van der Waals surface area (Å²) in [6.45, 7) is 0.903. The van der Waals surface area contributed by atoms with Crippen LogP contribution in [0.15, 0.2) is 36.4 Å². The van der Waals surface area contributed by atoms with Crippen LogP contribution in [0.5, 0.6) is 11.5 Å². The van der Waals surface area contributed by atoms with Gasteiger partial charge in [-0.2, -0.15) is 0 Å². The van der Waals surface area contributed by atoms with Crippen LogP contribution in [0.1, 0.15) is 70.4 Å². The normalized spacial score (nSPS) is 21.4. The van der Waals surface area contributed by atoms with Gasteiger partial charge >= 0.3 is 0 Å². The van der Waals surface area contributed by atoms with Crippen LogP contribution in [0, 0.1) is 0 Å². The van der Waals surface area contributed by atoms with Crippen molar-refractivity contribution in [2.24, 2.45) is 0 Å². The number of Topliss-reactive ketones (excluding diaryl/α,β-unsaturated/α-hetero) is 2. The number of aryl methyl sites for hydroxylation is 2. The lowest BCUT2D eigenvalue weighted by molar-refractivity contribution is -0.130. The Hall–Kier alpha value is -3.15. The number of amides is 1. The number of rotatable bonds is 5. The van der Waals surface area contributed by atoms with E-state index in [1.54, 1.807) is 30.2 Å². The van der Waals surface area contributed by atoms with Gasteiger partial charge in [0.15, 0.2) is 11.6 Å². The standard InChI is InChI=1S/C27H29NO5/c1-32-21-8-10-25-22(15-21)24(30)16-27(33-25)12-13-28(17-27)26(31)11-9-23(29)20-7-6-18-4-2-3-5-19(18)14-20/h6-8,10,14-15H,2-5,9,11-13,16-17H2,1H3. The number of benzene rings is 2. The summed E-state index contributed by atoms with van der Waals surface area (Å²) in [7, 11) is 1.56. The molecule has 2 aromatic rings. The number of hydrogen-bond acceptors (Lipinski definition) is 5. The van der Waals surface area contributed by atoms with E-state index in [4.69, 9.17) is 9.47 Å². The summed E-state index contributed by atoms with van der Waals surface area (Å²) in [6.07, 6.45) is 5.71. The number of ketones is 2. The average molecular weight is 448 g/mol. The molecule has 6 nitrogen and oxygen atoms in total. The highest BCUT2D eigenvalue weighted by Crippen LogP contribution is 2.40. The molecule has 2 aliphatic heterocycles. The predicted octanol–water partition coefficient (Wildman–Crippen LogP) is 4.17. The number of nitrogens with zero attached hydrogens (tertiary/aromatic N) is 1. The summed E-state index contributed by atoms with van der Waals surface area (Å²) in [4.78, 5) is 40.1. The molecule has 0 bridgehead atoms. The second-order valence-electron chi connectivity index (χ2n) is 9.43. The van der Waals surface area contributed by atoms with Crippen LogP contribution < -0.4 is 9.47 Å². The molecule has 5 rings (SSSR count). The van der Waals surface area contributed by atoms with Gasteiger partial charge in [-0.1, -0.05) is 12.1 Å². The van der Waals surface area contributed by atoms with Crippen molar-refractivity contribution in [1.29, 1.82) is 0 Å². The fourth-order valence-corrected chi connectivity index (χ4v) is 5.32. The van der Waals surface area contributed by atoms with Gasteiger partial charge in [-0.05, 0) is 61.1 Å². The highest BCUT2D eigenvalue weighted by Gasteiger charge is 2.47. The summed E-state index contributed by atoms with van der Waals surface area (Å²) in [6, 6.07) is 11.2. The third kappa shape index (κ3) is 4.26. The Kier molecular flexibility index (Phi) is 5.69.